The van der Waals surface area contributed by atoms with Crippen LogP contribution in [-0.2, 0) is 0 Å². The monoisotopic (exact) mass is 387 g/mol. The lowest BCUT2D eigenvalue weighted by atomic mass is 10.0. The van der Waals surface area contributed by atoms with Gasteiger partial charge in [0, 0.05) is 37.2 Å². The van der Waals surface area contributed by atoms with E-state index in [0.717, 1.165) is 33.4 Å². The third-order valence-electron chi connectivity index (χ3n) is 4.46. The van der Waals surface area contributed by atoms with Gasteiger partial charge in [-0.1, -0.05) is 54.7 Å². The topological polar surface area (TPSA) is 38.7 Å². The molecule has 3 heterocycles. The zero-order valence-electron chi connectivity index (χ0n) is 16.5. The van der Waals surface area contributed by atoms with Gasteiger partial charge < -0.3 is 0 Å². The molecule has 3 heteroatoms. The standard InChI is InChI=1S/C27H21N3/c1-4-22(19-28-13-1)7-10-25-16-26(11-8-23-5-2-14-29-20-23)18-27(17-25)12-9-24-6-3-15-30-21-24/h1-21H/b10-7+,11-8+,12-9+. The van der Waals surface area contributed by atoms with Crippen molar-refractivity contribution < 1.29 is 0 Å². The summed E-state index contributed by atoms with van der Waals surface area (Å²) in [6.45, 7) is 0. The first-order chi connectivity index (χ1) is 14.8. The Bertz CT molecular complexity index is 999. The summed E-state index contributed by atoms with van der Waals surface area (Å²) in [5.41, 5.74) is 6.58. The summed E-state index contributed by atoms with van der Waals surface area (Å²) >= 11 is 0. The average molecular weight is 387 g/mol. The van der Waals surface area contributed by atoms with Gasteiger partial charge in [0.2, 0.25) is 0 Å². The molecule has 1 aromatic carbocycles. The van der Waals surface area contributed by atoms with E-state index in [1.165, 1.54) is 0 Å². The third kappa shape index (κ3) is 5.69. The molecule has 144 valence electrons. The van der Waals surface area contributed by atoms with Crippen LogP contribution in [0.25, 0.3) is 36.5 Å². The molecule has 0 aliphatic carbocycles. The molecule has 0 aliphatic rings. The molecule has 0 atom stereocenters. The smallest absolute Gasteiger partial charge is 0.0340 e. The van der Waals surface area contributed by atoms with Crippen LogP contribution in [0.15, 0.2) is 91.8 Å². The lowest BCUT2D eigenvalue weighted by Gasteiger charge is -2.03. The van der Waals surface area contributed by atoms with Gasteiger partial charge in [0.1, 0.15) is 0 Å². The maximum absolute atomic E-state index is 4.17. The van der Waals surface area contributed by atoms with Gasteiger partial charge in [-0.3, -0.25) is 15.0 Å². The highest BCUT2D eigenvalue weighted by Crippen LogP contribution is 2.18. The Labute approximate surface area is 176 Å². The summed E-state index contributed by atoms with van der Waals surface area (Å²) in [7, 11) is 0. The molecule has 0 saturated heterocycles. The van der Waals surface area contributed by atoms with E-state index >= 15 is 0 Å². The van der Waals surface area contributed by atoms with E-state index in [4.69, 9.17) is 0 Å². The third-order valence-corrected chi connectivity index (χ3v) is 4.46. The second kappa shape index (κ2) is 9.89. The fraction of sp³-hybridized carbons (Fsp3) is 0. The van der Waals surface area contributed by atoms with Gasteiger partial charge in [-0.15, -0.1) is 0 Å². The number of rotatable bonds is 6. The van der Waals surface area contributed by atoms with Crippen molar-refractivity contribution in [2.45, 2.75) is 0 Å². The summed E-state index contributed by atoms with van der Waals surface area (Å²) in [5, 5.41) is 0. The van der Waals surface area contributed by atoms with E-state index in [-0.39, 0.29) is 0 Å². The quantitative estimate of drug-likeness (QED) is 0.385. The maximum Gasteiger partial charge on any atom is 0.0340 e. The Morgan fingerprint density at radius 2 is 0.700 bits per heavy atom. The van der Waals surface area contributed by atoms with Gasteiger partial charge >= 0.3 is 0 Å². The van der Waals surface area contributed by atoms with E-state index in [9.17, 15) is 0 Å². The maximum atomic E-state index is 4.17. The first-order valence-corrected chi connectivity index (χ1v) is 9.75. The predicted octanol–water partition coefficient (Wildman–Crippen LogP) is 6.38. The molecule has 0 spiro atoms. The van der Waals surface area contributed by atoms with Gasteiger partial charge in [0.15, 0.2) is 0 Å². The normalized spacial score (nSPS) is 11.6. The van der Waals surface area contributed by atoms with Crippen molar-refractivity contribution in [3.05, 3.63) is 125 Å². The van der Waals surface area contributed by atoms with Crippen LogP contribution in [0.2, 0.25) is 0 Å². The fourth-order valence-corrected chi connectivity index (χ4v) is 2.99. The van der Waals surface area contributed by atoms with E-state index in [1.54, 1.807) is 18.6 Å². The van der Waals surface area contributed by atoms with Gasteiger partial charge in [-0.25, -0.2) is 0 Å². The second-order valence-corrected chi connectivity index (χ2v) is 6.79. The highest BCUT2D eigenvalue weighted by atomic mass is 14.6. The minimum atomic E-state index is 1.07. The van der Waals surface area contributed by atoms with E-state index in [2.05, 4.69) is 69.6 Å². The molecular weight excluding hydrogens is 366 g/mol. The summed E-state index contributed by atoms with van der Waals surface area (Å²) < 4.78 is 0. The lowest BCUT2D eigenvalue weighted by molar-refractivity contribution is 1.32. The van der Waals surface area contributed by atoms with Gasteiger partial charge in [-0.05, 0) is 69.8 Å². The average Bonchev–Trinajstić information content (AvgIpc) is 2.82. The Morgan fingerprint density at radius 3 is 0.967 bits per heavy atom. The van der Waals surface area contributed by atoms with Crippen LogP contribution in [0.1, 0.15) is 33.4 Å². The van der Waals surface area contributed by atoms with Gasteiger partial charge in [0.05, 0.1) is 0 Å². The Morgan fingerprint density at radius 1 is 0.400 bits per heavy atom. The predicted molar refractivity (Wildman–Crippen MR) is 126 cm³/mol. The summed E-state index contributed by atoms with van der Waals surface area (Å²) in [6, 6.07) is 18.4. The van der Waals surface area contributed by atoms with E-state index < -0.39 is 0 Å². The minimum Gasteiger partial charge on any atom is -0.264 e. The van der Waals surface area contributed by atoms with Crippen LogP contribution in [0, 0.1) is 0 Å². The molecular formula is C27H21N3. The number of benzene rings is 1. The van der Waals surface area contributed by atoms with Crippen molar-refractivity contribution in [3.63, 3.8) is 0 Å². The zero-order chi connectivity index (χ0) is 20.4. The molecule has 4 aromatic rings. The molecule has 0 radical (unpaired) electrons. The minimum absolute atomic E-state index is 1.07. The fourth-order valence-electron chi connectivity index (χ4n) is 2.99. The van der Waals surface area contributed by atoms with E-state index in [1.807, 2.05) is 55.0 Å². The summed E-state index contributed by atoms with van der Waals surface area (Å²) in [6.07, 6.45) is 23.5. The molecule has 4 rings (SSSR count). The highest BCUT2D eigenvalue weighted by molar-refractivity contribution is 5.78. The van der Waals surface area contributed by atoms with Gasteiger partial charge in [0.25, 0.3) is 0 Å². The molecule has 30 heavy (non-hydrogen) atoms. The molecule has 0 saturated carbocycles. The number of hydrogen-bond acceptors (Lipinski definition) is 3. The Hall–Kier alpha value is -4.11. The van der Waals surface area contributed by atoms with Crippen molar-refractivity contribution in [2.75, 3.05) is 0 Å². The second-order valence-electron chi connectivity index (χ2n) is 6.79. The van der Waals surface area contributed by atoms with Crippen molar-refractivity contribution in [3.8, 4) is 0 Å². The summed E-state index contributed by atoms with van der Waals surface area (Å²) in [5.74, 6) is 0. The molecule has 3 aromatic heterocycles. The zero-order valence-corrected chi connectivity index (χ0v) is 16.5. The van der Waals surface area contributed by atoms with Crippen LogP contribution in [0.3, 0.4) is 0 Å². The number of aromatic nitrogens is 3. The number of hydrogen-bond donors (Lipinski definition) is 0. The van der Waals surface area contributed by atoms with Crippen LogP contribution < -0.4 is 0 Å². The summed E-state index contributed by atoms with van der Waals surface area (Å²) in [4.78, 5) is 12.5. The first-order valence-electron chi connectivity index (χ1n) is 9.75. The molecule has 0 unspecified atom stereocenters. The van der Waals surface area contributed by atoms with Crippen LogP contribution in [-0.4, -0.2) is 15.0 Å². The van der Waals surface area contributed by atoms with Crippen LogP contribution >= 0.6 is 0 Å². The van der Waals surface area contributed by atoms with Crippen molar-refractivity contribution in [1.82, 2.24) is 15.0 Å². The SMILES string of the molecule is C(=C\c1cc(/C=C/c2cccnc2)cc(/C=C/c2cccnc2)c1)/c1cccnc1. The molecule has 0 amide bonds. The largest absolute Gasteiger partial charge is 0.264 e. The lowest BCUT2D eigenvalue weighted by Crippen LogP contribution is -1.83. The molecule has 0 N–H and O–H groups in total. The Balaban J connectivity index is 1.65. The van der Waals surface area contributed by atoms with Crippen molar-refractivity contribution in [2.24, 2.45) is 0 Å². The van der Waals surface area contributed by atoms with Gasteiger partial charge in [-0.2, -0.15) is 0 Å². The highest BCUT2D eigenvalue weighted by Gasteiger charge is 1.97. The van der Waals surface area contributed by atoms with Crippen molar-refractivity contribution >= 4 is 36.5 Å². The molecule has 0 aliphatic heterocycles. The molecule has 0 bridgehead atoms. The van der Waals surface area contributed by atoms with Crippen LogP contribution in [0.5, 0.6) is 0 Å². The van der Waals surface area contributed by atoms with E-state index in [0.29, 0.717) is 0 Å². The van der Waals surface area contributed by atoms with Crippen molar-refractivity contribution in [1.29, 1.82) is 0 Å². The number of pyridine rings is 3. The Kier molecular flexibility index (Phi) is 6.34. The number of nitrogens with zero attached hydrogens (tertiary/aromatic N) is 3. The molecule has 0 fully saturated rings. The first kappa shape index (κ1) is 19.2. The van der Waals surface area contributed by atoms with Crippen LogP contribution in [0.4, 0.5) is 0 Å². The molecule has 3 nitrogen and oxygen atoms in total.